The Bertz CT molecular complexity index is 331. The molecule has 0 spiro atoms. The normalized spacial score (nSPS) is 10.1. The molecule has 1 aromatic carbocycles. The molecular formula is C7H4F3NO2. The van der Waals surface area contributed by atoms with E-state index in [4.69, 9.17) is 0 Å². The summed E-state index contributed by atoms with van der Waals surface area (Å²) in [7, 11) is 0. The molecule has 0 amide bonds. The van der Waals surface area contributed by atoms with Gasteiger partial charge in [-0.05, 0) is 12.1 Å². The summed E-state index contributed by atoms with van der Waals surface area (Å²) in [6.45, 7) is -0.728. The van der Waals surface area contributed by atoms with Gasteiger partial charge in [-0.1, -0.05) is 0 Å². The van der Waals surface area contributed by atoms with Crippen molar-refractivity contribution in [2.75, 3.05) is 0 Å². The smallest absolute Gasteiger partial charge is 0.229 e. The predicted octanol–water partition coefficient (Wildman–Crippen LogP) is 1.88. The molecule has 0 aromatic heterocycles. The van der Waals surface area contributed by atoms with E-state index in [2.05, 4.69) is 0 Å². The van der Waals surface area contributed by atoms with Crippen LogP contribution in [0.3, 0.4) is 0 Å². The highest BCUT2D eigenvalue weighted by atomic mass is 19.2. The van der Waals surface area contributed by atoms with E-state index in [1.807, 2.05) is 0 Å². The molecule has 13 heavy (non-hydrogen) atoms. The second kappa shape index (κ2) is 3.42. The van der Waals surface area contributed by atoms with Gasteiger partial charge in [0, 0.05) is 10.5 Å². The first kappa shape index (κ1) is 9.50. The molecule has 0 bridgehead atoms. The molecule has 0 saturated heterocycles. The Hall–Kier alpha value is -1.59. The van der Waals surface area contributed by atoms with Gasteiger partial charge in [-0.2, -0.15) is 0 Å². The second-order valence-corrected chi connectivity index (χ2v) is 2.36. The number of hydrogen-bond donors (Lipinski definition) is 0. The quantitative estimate of drug-likeness (QED) is 0.407. The number of nitro groups is 1. The van der Waals surface area contributed by atoms with Crippen molar-refractivity contribution < 1.29 is 18.1 Å². The fourth-order valence-corrected chi connectivity index (χ4v) is 0.848. The van der Waals surface area contributed by atoms with Crippen molar-refractivity contribution in [2.24, 2.45) is 0 Å². The molecule has 0 N–H and O–H groups in total. The summed E-state index contributed by atoms with van der Waals surface area (Å²) in [5.74, 6) is -4.46. The maximum Gasteiger partial charge on any atom is 0.229 e. The fourth-order valence-electron chi connectivity index (χ4n) is 0.848. The average molecular weight is 191 g/mol. The Kier molecular flexibility index (Phi) is 2.50. The second-order valence-electron chi connectivity index (χ2n) is 2.36. The van der Waals surface area contributed by atoms with Crippen molar-refractivity contribution in [1.29, 1.82) is 0 Å². The highest BCUT2D eigenvalue weighted by Gasteiger charge is 2.12. The summed E-state index contributed by atoms with van der Waals surface area (Å²) in [6, 6.07) is 1.20. The minimum atomic E-state index is -1.62. The van der Waals surface area contributed by atoms with Gasteiger partial charge in [0.2, 0.25) is 6.54 Å². The molecule has 0 aliphatic heterocycles. The minimum absolute atomic E-state index is 0.207. The summed E-state index contributed by atoms with van der Waals surface area (Å²) in [5.41, 5.74) is -0.207. The number of nitrogens with zero attached hydrogens (tertiary/aromatic N) is 1. The van der Waals surface area contributed by atoms with Crippen LogP contribution in [0.15, 0.2) is 12.1 Å². The summed E-state index contributed by atoms with van der Waals surface area (Å²) in [6.07, 6.45) is 0. The molecule has 1 aromatic rings. The maximum absolute atomic E-state index is 12.5. The SMILES string of the molecule is O=[N+]([O-])Cc1cc(F)c(F)c(F)c1. The Morgan fingerprint density at radius 2 is 1.69 bits per heavy atom. The Morgan fingerprint density at radius 1 is 1.23 bits per heavy atom. The van der Waals surface area contributed by atoms with Crippen molar-refractivity contribution >= 4 is 0 Å². The van der Waals surface area contributed by atoms with Crippen LogP contribution in [0.1, 0.15) is 5.56 Å². The average Bonchev–Trinajstić information content (AvgIpc) is 1.98. The van der Waals surface area contributed by atoms with E-state index in [9.17, 15) is 23.3 Å². The Labute approximate surface area is 70.9 Å². The molecule has 0 aliphatic carbocycles. The van der Waals surface area contributed by atoms with Crippen LogP contribution in [-0.4, -0.2) is 4.92 Å². The van der Waals surface area contributed by atoms with Crippen molar-refractivity contribution in [3.8, 4) is 0 Å². The first-order valence-electron chi connectivity index (χ1n) is 3.26. The van der Waals surface area contributed by atoms with Crippen LogP contribution in [-0.2, 0) is 6.54 Å². The molecule has 6 heteroatoms. The molecule has 0 aliphatic rings. The van der Waals surface area contributed by atoms with Gasteiger partial charge in [0.1, 0.15) is 0 Å². The number of benzene rings is 1. The van der Waals surface area contributed by atoms with E-state index in [-0.39, 0.29) is 5.56 Å². The van der Waals surface area contributed by atoms with Gasteiger partial charge in [0.05, 0.1) is 0 Å². The van der Waals surface area contributed by atoms with Crippen LogP contribution in [0, 0.1) is 27.6 Å². The standard InChI is InChI=1S/C7H4F3NO2/c8-5-1-4(3-11(12)13)2-6(9)7(5)10/h1-2H,3H2. The highest BCUT2D eigenvalue weighted by Crippen LogP contribution is 2.13. The van der Waals surface area contributed by atoms with Crippen molar-refractivity contribution in [2.45, 2.75) is 6.54 Å². The lowest BCUT2D eigenvalue weighted by Gasteiger charge is -1.98. The van der Waals surface area contributed by atoms with Crippen molar-refractivity contribution in [3.05, 3.63) is 45.3 Å². The molecular weight excluding hydrogens is 187 g/mol. The summed E-state index contributed by atoms with van der Waals surface area (Å²) >= 11 is 0. The van der Waals surface area contributed by atoms with E-state index in [1.165, 1.54) is 0 Å². The van der Waals surface area contributed by atoms with E-state index in [0.29, 0.717) is 12.1 Å². The van der Waals surface area contributed by atoms with Crippen molar-refractivity contribution in [1.82, 2.24) is 0 Å². The summed E-state index contributed by atoms with van der Waals surface area (Å²) in [5, 5.41) is 9.94. The lowest BCUT2D eigenvalue weighted by atomic mass is 10.2. The summed E-state index contributed by atoms with van der Waals surface area (Å²) < 4.78 is 37.2. The lowest BCUT2D eigenvalue weighted by molar-refractivity contribution is -0.496. The zero-order valence-corrected chi connectivity index (χ0v) is 6.26. The van der Waals surface area contributed by atoms with E-state index < -0.39 is 28.9 Å². The fraction of sp³-hybridized carbons (Fsp3) is 0.143. The van der Waals surface area contributed by atoms with Crippen LogP contribution in [0.4, 0.5) is 13.2 Å². The van der Waals surface area contributed by atoms with Crippen molar-refractivity contribution in [3.63, 3.8) is 0 Å². The van der Waals surface area contributed by atoms with E-state index >= 15 is 0 Å². The molecule has 0 saturated carbocycles. The van der Waals surface area contributed by atoms with Crippen LogP contribution in [0.5, 0.6) is 0 Å². The Balaban J connectivity index is 3.06. The lowest BCUT2D eigenvalue weighted by Crippen LogP contribution is -2.01. The third-order valence-corrected chi connectivity index (χ3v) is 1.36. The van der Waals surface area contributed by atoms with Gasteiger partial charge in [0.15, 0.2) is 17.5 Å². The molecule has 0 radical (unpaired) electrons. The number of hydrogen-bond acceptors (Lipinski definition) is 2. The van der Waals surface area contributed by atoms with Gasteiger partial charge < -0.3 is 0 Å². The molecule has 0 unspecified atom stereocenters. The highest BCUT2D eigenvalue weighted by molar-refractivity contribution is 5.18. The molecule has 3 nitrogen and oxygen atoms in total. The van der Waals surface area contributed by atoms with Crippen LogP contribution in [0.25, 0.3) is 0 Å². The first-order chi connectivity index (χ1) is 6.00. The topological polar surface area (TPSA) is 43.1 Å². The Morgan fingerprint density at radius 3 is 2.08 bits per heavy atom. The van der Waals surface area contributed by atoms with Gasteiger partial charge in [-0.3, -0.25) is 10.1 Å². The zero-order chi connectivity index (χ0) is 10.0. The van der Waals surface area contributed by atoms with E-state index in [0.717, 1.165) is 0 Å². The van der Waals surface area contributed by atoms with Gasteiger partial charge in [-0.15, -0.1) is 0 Å². The molecule has 70 valence electrons. The number of rotatable bonds is 2. The number of halogens is 3. The summed E-state index contributed by atoms with van der Waals surface area (Å²) in [4.78, 5) is 9.19. The monoisotopic (exact) mass is 191 g/mol. The molecule has 0 heterocycles. The third kappa shape index (κ3) is 2.17. The van der Waals surface area contributed by atoms with Gasteiger partial charge >= 0.3 is 0 Å². The molecule has 0 fully saturated rings. The first-order valence-corrected chi connectivity index (χ1v) is 3.26. The van der Waals surface area contributed by atoms with E-state index in [1.54, 1.807) is 0 Å². The molecule has 0 atom stereocenters. The van der Waals surface area contributed by atoms with Gasteiger partial charge in [-0.25, -0.2) is 13.2 Å². The largest absolute Gasteiger partial charge is 0.264 e. The predicted molar refractivity (Wildman–Crippen MR) is 37.0 cm³/mol. The van der Waals surface area contributed by atoms with Gasteiger partial charge in [0.25, 0.3) is 0 Å². The maximum atomic E-state index is 12.5. The van der Waals surface area contributed by atoms with Crippen LogP contribution in [0.2, 0.25) is 0 Å². The minimum Gasteiger partial charge on any atom is -0.264 e. The molecule has 1 rings (SSSR count). The zero-order valence-electron chi connectivity index (χ0n) is 6.26. The van der Waals surface area contributed by atoms with Crippen LogP contribution >= 0.6 is 0 Å². The third-order valence-electron chi connectivity index (χ3n) is 1.36. The van der Waals surface area contributed by atoms with Crippen LogP contribution < -0.4 is 0 Å².